The fourth-order valence-electron chi connectivity index (χ4n) is 1.42. The van der Waals surface area contributed by atoms with Gasteiger partial charge in [-0.3, -0.25) is 4.79 Å². The molecule has 16 heavy (non-hydrogen) atoms. The third-order valence-electron chi connectivity index (χ3n) is 2.26. The highest BCUT2D eigenvalue weighted by molar-refractivity contribution is 5.77. The van der Waals surface area contributed by atoms with E-state index in [0.717, 1.165) is 0 Å². The fraction of sp³-hybridized carbons (Fsp3) is 0.900. The van der Waals surface area contributed by atoms with E-state index in [4.69, 9.17) is 14.2 Å². The van der Waals surface area contributed by atoms with Crippen molar-refractivity contribution in [3.8, 4) is 0 Å². The fourth-order valence-corrected chi connectivity index (χ4v) is 1.42. The number of carbonyl (C=O) groups is 1. The standard InChI is InChI=1S/C10H19NO5/c1-14-6-9(12)7-15-4-2-11-3-5-16-8-10(11)13/h9,12H,2-8H2,1H3. The van der Waals surface area contributed by atoms with Crippen molar-refractivity contribution in [2.45, 2.75) is 6.10 Å². The predicted octanol–water partition coefficient (Wildman–Crippen LogP) is -1.13. The Hall–Kier alpha value is -0.690. The number of rotatable bonds is 7. The van der Waals surface area contributed by atoms with E-state index in [2.05, 4.69) is 0 Å². The summed E-state index contributed by atoms with van der Waals surface area (Å²) in [5.74, 6) is -0.00714. The van der Waals surface area contributed by atoms with Crippen LogP contribution in [0.5, 0.6) is 0 Å². The Morgan fingerprint density at radius 2 is 2.38 bits per heavy atom. The molecule has 0 aliphatic carbocycles. The maximum Gasteiger partial charge on any atom is 0.248 e. The van der Waals surface area contributed by atoms with Crippen LogP contribution >= 0.6 is 0 Å². The van der Waals surface area contributed by atoms with Gasteiger partial charge < -0.3 is 24.2 Å². The van der Waals surface area contributed by atoms with E-state index in [1.807, 2.05) is 0 Å². The summed E-state index contributed by atoms with van der Waals surface area (Å²) in [4.78, 5) is 13.0. The van der Waals surface area contributed by atoms with Crippen LogP contribution in [0.25, 0.3) is 0 Å². The topological polar surface area (TPSA) is 68.2 Å². The predicted molar refractivity (Wildman–Crippen MR) is 56.1 cm³/mol. The van der Waals surface area contributed by atoms with Crippen molar-refractivity contribution in [1.29, 1.82) is 0 Å². The van der Waals surface area contributed by atoms with Gasteiger partial charge in [-0.15, -0.1) is 0 Å². The molecule has 0 aromatic rings. The molecular weight excluding hydrogens is 214 g/mol. The molecule has 6 nitrogen and oxygen atoms in total. The quantitative estimate of drug-likeness (QED) is 0.563. The maximum absolute atomic E-state index is 11.3. The molecule has 0 aromatic carbocycles. The molecular formula is C10H19NO5. The zero-order chi connectivity index (χ0) is 11.8. The van der Waals surface area contributed by atoms with Gasteiger partial charge in [-0.1, -0.05) is 0 Å². The first-order valence-corrected chi connectivity index (χ1v) is 5.34. The lowest BCUT2D eigenvalue weighted by Crippen LogP contribution is -2.43. The minimum atomic E-state index is -0.606. The Bertz CT molecular complexity index is 211. The van der Waals surface area contributed by atoms with E-state index in [1.165, 1.54) is 7.11 Å². The third kappa shape index (κ3) is 4.89. The van der Waals surface area contributed by atoms with E-state index in [0.29, 0.717) is 26.3 Å². The SMILES string of the molecule is COCC(O)COCCN1CCOCC1=O. The molecule has 0 spiro atoms. The number of amides is 1. The molecule has 1 heterocycles. The van der Waals surface area contributed by atoms with Crippen LogP contribution in [0, 0.1) is 0 Å². The number of carbonyl (C=O) groups excluding carboxylic acids is 1. The van der Waals surface area contributed by atoms with Gasteiger partial charge in [-0.25, -0.2) is 0 Å². The summed E-state index contributed by atoms with van der Waals surface area (Å²) in [7, 11) is 1.52. The first-order valence-electron chi connectivity index (χ1n) is 5.34. The molecule has 0 bridgehead atoms. The number of morpholine rings is 1. The average molecular weight is 233 g/mol. The monoisotopic (exact) mass is 233 g/mol. The summed E-state index contributed by atoms with van der Waals surface area (Å²) >= 11 is 0. The highest BCUT2D eigenvalue weighted by Gasteiger charge is 2.17. The normalized spacial score (nSPS) is 18.9. The van der Waals surface area contributed by atoms with Gasteiger partial charge in [0.25, 0.3) is 0 Å². The van der Waals surface area contributed by atoms with Crippen molar-refractivity contribution in [1.82, 2.24) is 4.90 Å². The lowest BCUT2D eigenvalue weighted by molar-refractivity contribution is -0.143. The summed E-state index contributed by atoms with van der Waals surface area (Å²) in [5.41, 5.74) is 0. The van der Waals surface area contributed by atoms with Gasteiger partial charge in [0.15, 0.2) is 0 Å². The summed E-state index contributed by atoms with van der Waals surface area (Å²) in [6.45, 7) is 2.81. The first kappa shape index (κ1) is 13.4. The van der Waals surface area contributed by atoms with Crippen LogP contribution < -0.4 is 0 Å². The Balaban J connectivity index is 2.03. The molecule has 1 amide bonds. The largest absolute Gasteiger partial charge is 0.388 e. The average Bonchev–Trinajstić information content (AvgIpc) is 2.27. The van der Waals surface area contributed by atoms with Crippen LogP contribution in [0.3, 0.4) is 0 Å². The highest BCUT2D eigenvalue weighted by atomic mass is 16.5. The number of hydrogen-bond acceptors (Lipinski definition) is 5. The molecule has 1 aliphatic rings. The van der Waals surface area contributed by atoms with Gasteiger partial charge in [0.1, 0.15) is 12.7 Å². The summed E-state index contributed by atoms with van der Waals surface area (Å²) in [6.07, 6.45) is -0.606. The molecule has 1 saturated heterocycles. The second kappa shape index (κ2) is 7.56. The summed E-state index contributed by atoms with van der Waals surface area (Å²) in [6, 6.07) is 0. The van der Waals surface area contributed by atoms with Crippen LogP contribution in [0.1, 0.15) is 0 Å². The van der Waals surface area contributed by atoms with E-state index in [9.17, 15) is 9.90 Å². The number of methoxy groups -OCH3 is 1. The smallest absolute Gasteiger partial charge is 0.248 e. The summed E-state index contributed by atoms with van der Waals surface area (Å²) < 4.78 is 15.0. The molecule has 0 radical (unpaired) electrons. The van der Waals surface area contributed by atoms with Crippen molar-refractivity contribution in [3.63, 3.8) is 0 Å². The molecule has 0 aromatic heterocycles. The Labute approximate surface area is 95.1 Å². The van der Waals surface area contributed by atoms with Gasteiger partial charge in [0, 0.05) is 20.2 Å². The van der Waals surface area contributed by atoms with Crippen LogP contribution in [0.15, 0.2) is 0 Å². The van der Waals surface area contributed by atoms with Crippen molar-refractivity contribution in [3.05, 3.63) is 0 Å². The van der Waals surface area contributed by atoms with E-state index in [1.54, 1.807) is 4.90 Å². The second-order valence-corrected chi connectivity index (χ2v) is 3.62. The minimum absolute atomic E-state index is 0.00714. The van der Waals surface area contributed by atoms with Gasteiger partial charge in [0.2, 0.25) is 5.91 Å². The van der Waals surface area contributed by atoms with Gasteiger partial charge in [-0.05, 0) is 0 Å². The zero-order valence-corrected chi connectivity index (χ0v) is 9.55. The lowest BCUT2D eigenvalue weighted by atomic mass is 10.4. The van der Waals surface area contributed by atoms with Crippen molar-refractivity contribution < 1.29 is 24.1 Å². The number of ether oxygens (including phenoxy) is 3. The van der Waals surface area contributed by atoms with Gasteiger partial charge in [0.05, 0.1) is 26.4 Å². The number of hydrogen-bond donors (Lipinski definition) is 1. The Morgan fingerprint density at radius 3 is 3.06 bits per heavy atom. The van der Waals surface area contributed by atoms with Crippen molar-refractivity contribution >= 4 is 5.91 Å². The van der Waals surface area contributed by atoms with Crippen LogP contribution in [0.2, 0.25) is 0 Å². The maximum atomic E-state index is 11.3. The van der Waals surface area contributed by atoms with E-state index in [-0.39, 0.29) is 25.7 Å². The molecule has 1 atom stereocenters. The van der Waals surface area contributed by atoms with Gasteiger partial charge >= 0.3 is 0 Å². The van der Waals surface area contributed by atoms with E-state index >= 15 is 0 Å². The lowest BCUT2D eigenvalue weighted by Gasteiger charge is -2.26. The molecule has 1 fully saturated rings. The summed E-state index contributed by atoms with van der Waals surface area (Å²) in [5, 5.41) is 9.29. The third-order valence-corrected chi connectivity index (χ3v) is 2.26. The van der Waals surface area contributed by atoms with Crippen molar-refractivity contribution in [2.24, 2.45) is 0 Å². The molecule has 1 rings (SSSR count). The van der Waals surface area contributed by atoms with Crippen molar-refractivity contribution in [2.75, 3.05) is 53.2 Å². The van der Waals surface area contributed by atoms with Gasteiger partial charge in [-0.2, -0.15) is 0 Å². The first-order chi connectivity index (χ1) is 7.74. The molecule has 94 valence electrons. The second-order valence-electron chi connectivity index (χ2n) is 3.62. The highest BCUT2D eigenvalue weighted by Crippen LogP contribution is 1.98. The number of nitrogens with zero attached hydrogens (tertiary/aromatic N) is 1. The van der Waals surface area contributed by atoms with Crippen LogP contribution in [0.4, 0.5) is 0 Å². The number of aliphatic hydroxyl groups excluding tert-OH is 1. The molecule has 0 saturated carbocycles. The van der Waals surface area contributed by atoms with Crippen LogP contribution in [-0.4, -0.2) is 75.3 Å². The Kier molecular flexibility index (Phi) is 6.32. The molecule has 1 aliphatic heterocycles. The molecule has 6 heteroatoms. The van der Waals surface area contributed by atoms with Crippen LogP contribution in [-0.2, 0) is 19.0 Å². The molecule has 1 N–H and O–H groups in total. The zero-order valence-electron chi connectivity index (χ0n) is 9.55. The number of aliphatic hydroxyl groups is 1. The Morgan fingerprint density at radius 1 is 1.56 bits per heavy atom. The van der Waals surface area contributed by atoms with E-state index < -0.39 is 6.10 Å². The minimum Gasteiger partial charge on any atom is -0.388 e. The molecule has 1 unspecified atom stereocenters.